The summed E-state index contributed by atoms with van der Waals surface area (Å²) in [6.07, 6.45) is 3.68. The van der Waals surface area contributed by atoms with Crippen molar-refractivity contribution >= 4 is 0 Å². The van der Waals surface area contributed by atoms with Crippen LogP contribution in [0, 0.1) is 0 Å². The molecule has 0 aliphatic heterocycles. The van der Waals surface area contributed by atoms with E-state index in [0.717, 1.165) is 0 Å². The molecule has 15 heavy (non-hydrogen) atoms. The molecule has 0 unspecified atom stereocenters. The molecule has 2 aromatic rings. The zero-order chi connectivity index (χ0) is 10.1. The van der Waals surface area contributed by atoms with Gasteiger partial charge >= 0.3 is 0 Å². The fourth-order valence-electron chi connectivity index (χ4n) is 2.40. The minimum absolute atomic E-state index is 1.21. The van der Waals surface area contributed by atoms with Crippen molar-refractivity contribution in [3.63, 3.8) is 0 Å². The molecule has 2 bridgehead atoms. The number of rotatable bonds is 0. The van der Waals surface area contributed by atoms with Crippen LogP contribution in [-0.2, 0) is 12.8 Å². The number of hydrogen-bond donors (Lipinski definition) is 0. The van der Waals surface area contributed by atoms with Gasteiger partial charge in [-0.25, -0.2) is 0 Å². The lowest BCUT2D eigenvalue weighted by atomic mass is 9.91. The van der Waals surface area contributed by atoms with Gasteiger partial charge in [0.2, 0.25) is 0 Å². The van der Waals surface area contributed by atoms with Gasteiger partial charge in [0.1, 0.15) is 0 Å². The highest BCUT2D eigenvalue weighted by Crippen LogP contribution is 2.28. The molecule has 0 N–H and O–H groups in total. The lowest BCUT2D eigenvalue weighted by molar-refractivity contribution is 0.817. The molecule has 0 amide bonds. The summed E-state index contributed by atoms with van der Waals surface area (Å²) in [7, 11) is 0. The topological polar surface area (TPSA) is 0 Å². The molecule has 0 nitrogen and oxygen atoms in total. The van der Waals surface area contributed by atoms with E-state index < -0.39 is 0 Å². The van der Waals surface area contributed by atoms with E-state index in [1.54, 1.807) is 0 Å². The fourth-order valence-corrected chi connectivity index (χ4v) is 2.40. The Labute approximate surface area is 90.6 Å². The van der Waals surface area contributed by atoms with Crippen molar-refractivity contribution in [3.05, 3.63) is 59.7 Å². The Morgan fingerprint density at radius 3 is 2.73 bits per heavy atom. The molecule has 0 heterocycles. The smallest absolute Gasteiger partial charge is 0.0152 e. The van der Waals surface area contributed by atoms with Crippen molar-refractivity contribution in [2.75, 3.05) is 0 Å². The molecule has 3 rings (SSSR count). The van der Waals surface area contributed by atoms with E-state index >= 15 is 0 Å². The second-order valence-corrected chi connectivity index (χ2v) is 4.21. The number of fused-ring (bicyclic) bond motifs is 4. The molecule has 0 fully saturated rings. The molecule has 74 valence electrons. The molecule has 1 aliphatic carbocycles. The Morgan fingerprint density at radius 2 is 1.73 bits per heavy atom. The van der Waals surface area contributed by atoms with Crippen LogP contribution in [0.3, 0.4) is 0 Å². The van der Waals surface area contributed by atoms with Gasteiger partial charge in [-0.2, -0.15) is 0 Å². The van der Waals surface area contributed by atoms with E-state index in [-0.39, 0.29) is 0 Å². The van der Waals surface area contributed by atoms with E-state index in [9.17, 15) is 0 Å². The van der Waals surface area contributed by atoms with Crippen LogP contribution >= 0.6 is 0 Å². The average molecular weight is 194 g/mol. The predicted octanol–water partition coefficient (Wildman–Crippen LogP) is 3.84. The SMILES string of the molecule is c1cc2cc(c1)-c1ccccc1CCC2. The molecule has 0 radical (unpaired) electrons. The Bertz CT molecular complexity index is 483. The molecular formula is C15H14. The fraction of sp³-hybridized carbons (Fsp3) is 0.200. The third-order valence-corrected chi connectivity index (χ3v) is 3.17. The van der Waals surface area contributed by atoms with E-state index in [1.807, 2.05) is 0 Å². The number of hydrogen-bond acceptors (Lipinski definition) is 0. The van der Waals surface area contributed by atoms with Crippen LogP contribution in [0.1, 0.15) is 17.5 Å². The van der Waals surface area contributed by atoms with Crippen molar-refractivity contribution in [3.8, 4) is 11.1 Å². The van der Waals surface area contributed by atoms with Crippen LogP contribution in [0.25, 0.3) is 11.1 Å². The molecule has 0 spiro atoms. The first-order valence-corrected chi connectivity index (χ1v) is 5.61. The molecule has 2 aromatic carbocycles. The lowest BCUT2D eigenvalue weighted by Gasteiger charge is -2.14. The largest absolute Gasteiger partial charge is 0.0620 e. The summed E-state index contributed by atoms with van der Waals surface area (Å²) in [5, 5.41) is 0. The summed E-state index contributed by atoms with van der Waals surface area (Å²) in [5.74, 6) is 0. The molecule has 0 aromatic heterocycles. The zero-order valence-corrected chi connectivity index (χ0v) is 8.74. The first kappa shape index (κ1) is 8.72. The van der Waals surface area contributed by atoms with Gasteiger partial charge in [0.25, 0.3) is 0 Å². The third-order valence-electron chi connectivity index (χ3n) is 3.17. The minimum Gasteiger partial charge on any atom is -0.0620 e. The van der Waals surface area contributed by atoms with Gasteiger partial charge in [0.15, 0.2) is 0 Å². The van der Waals surface area contributed by atoms with Gasteiger partial charge in [-0.1, -0.05) is 48.5 Å². The van der Waals surface area contributed by atoms with Crippen molar-refractivity contribution in [1.29, 1.82) is 0 Å². The zero-order valence-electron chi connectivity index (χ0n) is 8.74. The molecular weight excluding hydrogens is 180 g/mol. The van der Waals surface area contributed by atoms with E-state index in [1.165, 1.54) is 41.5 Å². The van der Waals surface area contributed by atoms with Crippen LogP contribution < -0.4 is 0 Å². The Balaban J connectivity index is 2.24. The molecule has 0 heteroatoms. The molecule has 0 saturated heterocycles. The quantitative estimate of drug-likeness (QED) is 0.597. The van der Waals surface area contributed by atoms with E-state index in [2.05, 4.69) is 48.5 Å². The summed E-state index contributed by atoms with van der Waals surface area (Å²) in [5.41, 5.74) is 5.76. The first-order valence-electron chi connectivity index (χ1n) is 5.61. The standard InChI is InChI=1S/C15H14/c1-2-10-15-13(7-1)8-3-5-12-6-4-9-14(15)11-12/h1-2,4,6-7,9-11H,3,5,8H2. The van der Waals surface area contributed by atoms with Gasteiger partial charge in [-0.3, -0.25) is 0 Å². The predicted molar refractivity (Wildman–Crippen MR) is 63.9 cm³/mol. The second-order valence-electron chi connectivity index (χ2n) is 4.21. The van der Waals surface area contributed by atoms with Gasteiger partial charge in [0.05, 0.1) is 0 Å². The van der Waals surface area contributed by atoms with Gasteiger partial charge in [-0.15, -0.1) is 0 Å². The van der Waals surface area contributed by atoms with Crippen LogP contribution in [0.2, 0.25) is 0 Å². The third kappa shape index (κ3) is 1.56. The van der Waals surface area contributed by atoms with Gasteiger partial charge < -0.3 is 0 Å². The highest BCUT2D eigenvalue weighted by molar-refractivity contribution is 5.68. The van der Waals surface area contributed by atoms with Crippen LogP contribution in [0.4, 0.5) is 0 Å². The summed E-state index contributed by atoms with van der Waals surface area (Å²) in [4.78, 5) is 0. The van der Waals surface area contributed by atoms with Gasteiger partial charge in [-0.05, 0) is 41.5 Å². The Hall–Kier alpha value is -1.56. The normalized spacial score (nSPS) is 13.9. The maximum Gasteiger partial charge on any atom is -0.0152 e. The second kappa shape index (κ2) is 3.54. The Kier molecular flexibility index (Phi) is 2.06. The summed E-state index contributed by atoms with van der Waals surface area (Å²) < 4.78 is 0. The van der Waals surface area contributed by atoms with E-state index in [0.29, 0.717) is 0 Å². The van der Waals surface area contributed by atoms with Crippen LogP contribution in [0.5, 0.6) is 0 Å². The maximum absolute atomic E-state index is 2.33. The monoisotopic (exact) mass is 194 g/mol. The summed E-state index contributed by atoms with van der Waals surface area (Å²) in [6, 6.07) is 17.7. The maximum atomic E-state index is 2.33. The molecule has 1 aliphatic rings. The van der Waals surface area contributed by atoms with Crippen molar-refractivity contribution in [2.45, 2.75) is 19.3 Å². The van der Waals surface area contributed by atoms with Crippen molar-refractivity contribution < 1.29 is 0 Å². The number of benzene rings is 2. The lowest BCUT2D eigenvalue weighted by Crippen LogP contribution is -1.97. The highest BCUT2D eigenvalue weighted by atomic mass is 14.1. The van der Waals surface area contributed by atoms with Crippen molar-refractivity contribution in [1.82, 2.24) is 0 Å². The first-order chi connectivity index (χ1) is 7.43. The summed E-state index contributed by atoms with van der Waals surface area (Å²) in [6.45, 7) is 0. The summed E-state index contributed by atoms with van der Waals surface area (Å²) >= 11 is 0. The number of aryl methyl sites for hydroxylation is 2. The van der Waals surface area contributed by atoms with Crippen LogP contribution in [-0.4, -0.2) is 0 Å². The van der Waals surface area contributed by atoms with E-state index in [4.69, 9.17) is 0 Å². The minimum atomic E-state index is 1.21. The molecule has 0 saturated carbocycles. The van der Waals surface area contributed by atoms with Crippen molar-refractivity contribution in [2.24, 2.45) is 0 Å². The van der Waals surface area contributed by atoms with Crippen LogP contribution in [0.15, 0.2) is 48.5 Å². The highest BCUT2D eigenvalue weighted by Gasteiger charge is 2.08. The Morgan fingerprint density at radius 1 is 0.800 bits per heavy atom. The average Bonchev–Trinajstić information content (AvgIpc) is 2.29. The van der Waals surface area contributed by atoms with Gasteiger partial charge in [0, 0.05) is 0 Å². The molecule has 0 atom stereocenters.